The largest absolute Gasteiger partial charge is 0.493 e. The first kappa shape index (κ1) is 14.6. The number of nitriles is 1. The molecule has 0 aromatic heterocycles. The Morgan fingerprint density at radius 3 is 2.73 bits per heavy atom. The first-order valence-electron chi connectivity index (χ1n) is 6.82. The van der Waals surface area contributed by atoms with Crippen LogP contribution in [0.5, 0.6) is 5.75 Å². The average molecular weight is 314 g/mol. The zero-order chi connectivity index (χ0) is 15.6. The summed E-state index contributed by atoms with van der Waals surface area (Å²) in [6, 6.07) is 15.6. The summed E-state index contributed by atoms with van der Waals surface area (Å²) < 4.78 is 32.9. The molecule has 5 nitrogen and oxygen atoms in total. The molecule has 1 aliphatic heterocycles. The first-order chi connectivity index (χ1) is 10.6. The van der Waals surface area contributed by atoms with Crippen LogP contribution in [-0.4, -0.2) is 21.6 Å². The summed E-state index contributed by atoms with van der Waals surface area (Å²) in [5, 5.41) is 9.03. The van der Waals surface area contributed by atoms with E-state index in [4.69, 9.17) is 10.00 Å². The van der Waals surface area contributed by atoms with Crippen molar-refractivity contribution in [2.24, 2.45) is 0 Å². The molecule has 2 aromatic rings. The van der Waals surface area contributed by atoms with Gasteiger partial charge >= 0.3 is 0 Å². The number of benzene rings is 2. The van der Waals surface area contributed by atoms with Crippen molar-refractivity contribution in [3.63, 3.8) is 0 Å². The molecule has 6 heteroatoms. The van der Waals surface area contributed by atoms with Gasteiger partial charge in [-0.15, -0.1) is 0 Å². The summed E-state index contributed by atoms with van der Waals surface area (Å²) in [4.78, 5) is 0.00435. The van der Waals surface area contributed by atoms with Gasteiger partial charge in [0, 0.05) is 18.0 Å². The molecule has 22 heavy (non-hydrogen) atoms. The number of hydrogen-bond donors (Lipinski definition) is 1. The van der Waals surface area contributed by atoms with Gasteiger partial charge < -0.3 is 4.74 Å². The zero-order valence-corrected chi connectivity index (χ0v) is 12.5. The average Bonchev–Trinajstić information content (AvgIpc) is 2.96. The van der Waals surface area contributed by atoms with Crippen LogP contribution in [0.3, 0.4) is 0 Å². The van der Waals surface area contributed by atoms with Crippen LogP contribution >= 0.6 is 0 Å². The lowest BCUT2D eigenvalue weighted by atomic mass is 10.0. The van der Waals surface area contributed by atoms with Crippen LogP contribution in [0.15, 0.2) is 53.4 Å². The van der Waals surface area contributed by atoms with Crippen LogP contribution in [0.1, 0.15) is 17.0 Å². The number of rotatable bonds is 4. The van der Waals surface area contributed by atoms with Crippen LogP contribution in [-0.2, 0) is 10.0 Å². The molecular weight excluding hydrogens is 300 g/mol. The monoisotopic (exact) mass is 314 g/mol. The molecule has 0 saturated heterocycles. The number of hydrogen-bond acceptors (Lipinski definition) is 4. The van der Waals surface area contributed by atoms with Crippen LogP contribution < -0.4 is 9.46 Å². The van der Waals surface area contributed by atoms with Gasteiger partial charge in [0.2, 0.25) is 10.0 Å². The Morgan fingerprint density at radius 2 is 1.91 bits per heavy atom. The van der Waals surface area contributed by atoms with E-state index in [0.29, 0.717) is 6.61 Å². The molecule has 0 bridgehead atoms. The minimum Gasteiger partial charge on any atom is -0.493 e. The van der Waals surface area contributed by atoms with Gasteiger partial charge in [-0.1, -0.05) is 30.3 Å². The van der Waals surface area contributed by atoms with Gasteiger partial charge in [-0.25, -0.2) is 13.1 Å². The molecule has 1 N–H and O–H groups in total. The lowest BCUT2D eigenvalue weighted by Crippen LogP contribution is -2.29. The number of nitrogens with one attached hydrogen (secondary N) is 1. The van der Waals surface area contributed by atoms with Crippen molar-refractivity contribution in [1.82, 2.24) is 4.72 Å². The summed E-state index contributed by atoms with van der Waals surface area (Å²) in [5.41, 5.74) is 1.14. The van der Waals surface area contributed by atoms with E-state index in [1.807, 2.05) is 30.3 Å². The highest BCUT2D eigenvalue weighted by Crippen LogP contribution is 2.33. The summed E-state index contributed by atoms with van der Waals surface area (Å²) in [6.07, 6.45) is 0. The van der Waals surface area contributed by atoms with Crippen LogP contribution in [0.25, 0.3) is 0 Å². The number of nitrogens with zero attached hydrogens (tertiary/aromatic N) is 1. The molecule has 0 spiro atoms. The van der Waals surface area contributed by atoms with Crippen molar-refractivity contribution in [3.05, 3.63) is 59.7 Å². The predicted octanol–water partition coefficient (Wildman–Crippen LogP) is 2.01. The fourth-order valence-electron chi connectivity index (χ4n) is 2.48. The predicted molar refractivity (Wildman–Crippen MR) is 81.0 cm³/mol. The first-order valence-corrected chi connectivity index (χ1v) is 8.30. The second-order valence-corrected chi connectivity index (χ2v) is 6.74. The standard InChI is InChI=1S/C16H14N2O3S/c17-9-12-5-1-4-8-16(12)22(19,20)18-10-13-11-21-15-7-3-2-6-14(13)15/h1-8,13,18H,10-11H2. The second-order valence-electron chi connectivity index (χ2n) is 5.01. The van der Waals surface area contributed by atoms with Gasteiger partial charge in [-0.3, -0.25) is 0 Å². The third kappa shape index (κ3) is 2.69. The minimum absolute atomic E-state index is 0.00435. The molecule has 0 fully saturated rings. The highest BCUT2D eigenvalue weighted by Gasteiger charge is 2.26. The summed E-state index contributed by atoms with van der Waals surface area (Å²) in [6.45, 7) is 0.681. The van der Waals surface area contributed by atoms with E-state index >= 15 is 0 Å². The summed E-state index contributed by atoms with van der Waals surface area (Å²) in [5.74, 6) is 0.768. The van der Waals surface area contributed by atoms with Crippen molar-refractivity contribution in [2.45, 2.75) is 10.8 Å². The highest BCUT2D eigenvalue weighted by molar-refractivity contribution is 7.89. The van der Waals surface area contributed by atoms with Crippen molar-refractivity contribution in [1.29, 1.82) is 5.26 Å². The summed E-state index contributed by atoms with van der Waals surface area (Å²) >= 11 is 0. The summed E-state index contributed by atoms with van der Waals surface area (Å²) in [7, 11) is -3.72. The molecule has 1 unspecified atom stereocenters. The Kier molecular flexibility index (Phi) is 3.84. The lowest BCUT2D eigenvalue weighted by Gasteiger charge is -2.12. The van der Waals surface area contributed by atoms with Gasteiger partial charge in [0.1, 0.15) is 11.8 Å². The van der Waals surface area contributed by atoms with E-state index in [1.165, 1.54) is 12.1 Å². The van der Waals surface area contributed by atoms with Gasteiger partial charge in [0.15, 0.2) is 0 Å². The van der Waals surface area contributed by atoms with Crippen molar-refractivity contribution >= 4 is 10.0 Å². The molecule has 1 heterocycles. The second kappa shape index (κ2) is 5.79. The Hall–Kier alpha value is -2.36. The van der Waals surface area contributed by atoms with Gasteiger partial charge in [-0.2, -0.15) is 5.26 Å². The number of ether oxygens (including phenoxy) is 1. The Morgan fingerprint density at radius 1 is 1.18 bits per heavy atom. The van der Waals surface area contributed by atoms with Crippen LogP contribution in [0.4, 0.5) is 0 Å². The van der Waals surface area contributed by atoms with Gasteiger partial charge in [0.25, 0.3) is 0 Å². The molecule has 2 aromatic carbocycles. The molecule has 0 radical (unpaired) electrons. The molecule has 1 atom stereocenters. The molecule has 1 aliphatic rings. The van der Waals surface area contributed by atoms with E-state index in [1.54, 1.807) is 12.1 Å². The maximum absolute atomic E-state index is 12.4. The van der Waals surface area contributed by atoms with E-state index < -0.39 is 10.0 Å². The Labute approximate surface area is 129 Å². The maximum Gasteiger partial charge on any atom is 0.241 e. The van der Waals surface area contributed by atoms with E-state index in [0.717, 1.165) is 11.3 Å². The molecular formula is C16H14N2O3S. The maximum atomic E-state index is 12.4. The van der Waals surface area contributed by atoms with Crippen molar-refractivity contribution in [3.8, 4) is 11.8 Å². The molecule has 112 valence electrons. The van der Waals surface area contributed by atoms with Gasteiger partial charge in [0.05, 0.1) is 17.1 Å². The number of fused-ring (bicyclic) bond motifs is 1. The van der Waals surface area contributed by atoms with Crippen LogP contribution in [0, 0.1) is 11.3 Å². The van der Waals surface area contributed by atoms with Gasteiger partial charge in [-0.05, 0) is 18.2 Å². The van der Waals surface area contributed by atoms with E-state index in [2.05, 4.69) is 4.72 Å². The van der Waals surface area contributed by atoms with Crippen molar-refractivity contribution in [2.75, 3.05) is 13.2 Å². The molecule has 0 amide bonds. The van der Waals surface area contributed by atoms with Crippen LogP contribution in [0.2, 0.25) is 0 Å². The Bertz CT molecular complexity index is 840. The quantitative estimate of drug-likeness (QED) is 0.936. The third-order valence-electron chi connectivity index (χ3n) is 3.62. The smallest absolute Gasteiger partial charge is 0.241 e. The fraction of sp³-hybridized carbons (Fsp3) is 0.188. The topological polar surface area (TPSA) is 79.2 Å². The van der Waals surface area contributed by atoms with E-state index in [9.17, 15) is 8.42 Å². The highest BCUT2D eigenvalue weighted by atomic mass is 32.2. The minimum atomic E-state index is -3.72. The molecule has 0 aliphatic carbocycles. The lowest BCUT2D eigenvalue weighted by molar-refractivity contribution is 0.330. The third-order valence-corrected chi connectivity index (χ3v) is 5.10. The number of sulfonamides is 1. The molecule has 0 saturated carbocycles. The van der Waals surface area contributed by atoms with E-state index in [-0.39, 0.29) is 22.9 Å². The zero-order valence-electron chi connectivity index (χ0n) is 11.7. The molecule has 3 rings (SSSR count). The normalized spacial score (nSPS) is 16.6. The fourth-order valence-corrected chi connectivity index (χ4v) is 3.72. The SMILES string of the molecule is N#Cc1ccccc1S(=O)(=O)NCC1COc2ccccc21. The number of para-hydroxylation sites is 1. The van der Waals surface area contributed by atoms with Crippen molar-refractivity contribution < 1.29 is 13.2 Å². The Balaban J connectivity index is 1.78.